The average molecular weight is 387 g/mol. The number of hydrogen-bond donors (Lipinski definition) is 1. The molecule has 2 saturated heterocycles. The van der Waals surface area contributed by atoms with Crippen LogP contribution in [-0.2, 0) is 16.0 Å². The Bertz CT molecular complexity index is 758. The summed E-state index contributed by atoms with van der Waals surface area (Å²) in [6, 6.07) is 10.3. The Morgan fingerprint density at radius 1 is 1.26 bits per heavy atom. The molecular weight excluding hydrogens is 360 g/mol. The van der Waals surface area contributed by atoms with E-state index in [1.807, 2.05) is 25.2 Å². The van der Waals surface area contributed by atoms with Gasteiger partial charge in [0.15, 0.2) is 5.96 Å². The van der Waals surface area contributed by atoms with Gasteiger partial charge >= 0.3 is 0 Å². The Labute approximate surface area is 164 Å². The van der Waals surface area contributed by atoms with Crippen LogP contribution in [0.5, 0.6) is 0 Å². The van der Waals surface area contributed by atoms with E-state index in [0.29, 0.717) is 13.2 Å². The van der Waals surface area contributed by atoms with Crippen LogP contribution in [0.15, 0.2) is 40.7 Å². The van der Waals surface area contributed by atoms with Crippen molar-refractivity contribution in [1.29, 1.82) is 0 Å². The number of morpholine rings is 1. The number of nitrogens with one attached hydrogen (secondary N) is 1. The molecule has 3 heterocycles. The van der Waals surface area contributed by atoms with Gasteiger partial charge in [0.05, 0.1) is 24.9 Å². The predicted octanol–water partition coefficient (Wildman–Crippen LogP) is 2.77. The Hall–Kier alpha value is -1.96. The van der Waals surface area contributed by atoms with Crippen molar-refractivity contribution in [2.45, 2.75) is 31.6 Å². The van der Waals surface area contributed by atoms with E-state index in [2.05, 4.69) is 32.7 Å². The van der Waals surface area contributed by atoms with Gasteiger partial charge in [-0.05, 0) is 12.8 Å². The summed E-state index contributed by atoms with van der Waals surface area (Å²) in [6.45, 7) is 3.89. The van der Waals surface area contributed by atoms with E-state index < -0.39 is 0 Å². The maximum Gasteiger partial charge on any atom is 0.194 e. The van der Waals surface area contributed by atoms with Crippen molar-refractivity contribution in [3.63, 3.8) is 0 Å². The van der Waals surface area contributed by atoms with E-state index in [9.17, 15) is 0 Å². The fourth-order valence-corrected chi connectivity index (χ4v) is 4.35. The fraction of sp³-hybridized carbons (Fsp3) is 0.500. The molecule has 0 saturated carbocycles. The monoisotopic (exact) mass is 386 g/mol. The van der Waals surface area contributed by atoms with Crippen molar-refractivity contribution in [2.75, 3.05) is 33.4 Å². The standard InChI is InChI=1S/C20H26N4O2S/c1-21-20(24-9-11-26-18(13-24)17-8-5-10-25-17)22-12-19-23-16(14-27-19)15-6-3-2-4-7-15/h2-4,6-7,14,17-18H,5,8-13H2,1H3,(H,21,22). The molecule has 0 amide bonds. The molecule has 2 aliphatic heterocycles. The van der Waals surface area contributed by atoms with Crippen molar-refractivity contribution < 1.29 is 9.47 Å². The zero-order valence-corrected chi connectivity index (χ0v) is 16.5. The van der Waals surface area contributed by atoms with Crippen LogP contribution in [0.3, 0.4) is 0 Å². The Kier molecular flexibility index (Phi) is 6.01. The molecule has 27 heavy (non-hydrogen) atoms. The smallest absolute Gasteiger partial charge is 0.194 e. The molecule has 1 aromatic heterocycles. The predicted molar refractivity (Wildman–Crippen MR) is 108 cm³/mol. The third-order valence-corrected chi connectivity index (χ3v) is 5.85. The van der Waals surface area contributed by atoms with Crippen molar-refractivity contribution in [2.24, 2.45) is 4.99 Å². The second-order valence-corrected chi connectivity index (χ2v) is 7.74. The van der Waals surface area contributed by atoms with Crippen LogP contribution < -0.4 is 5.32 Å². The van der Waals surface area contributed by atoms with Gasteiger partial charge in [0, 0.05) is 37.7 Å². The van der Waals surface area contributed by atoms with Crippen molar-refractivity contribution in [1.82, 2.24) is 15.2 Å². The largest absolute Gasteiger partial charge is 0.375 e. The number of guanidine groups is 1. The maximum atomic E-state index is 5.94. The fourth-order valence-electron chi connectivity index (χ4n) is 3.61. The van der Waals surface area contributed by atoms with Crippen LogP contribution in [0.1, 0.15) is 17.8 Å². The minimum atomic E-state index is 0.129. The summed E-state index contributed by atoms with van der Waals surface area (Å²) in [5, 5.41) is 6.62. The van der Waals surface area contributed by atoms with Crippen LogP contribution in [0.25, 0.3) is 11.3 Å². The number of hydrogen-bond acceptors (Lipinski definition) is 5. The van der Waals surface area contributed by atoms with Crippen LogP contribution in [0, 0.1) is 0 Å². The van der Waals surface area contributed by atoms with Crippen molar-refractivity contribution in [3.8, 4) is 11.3 Å². The second kappa shape index (κ2) is 8.82. The Morgan fingerprint density at radius 3 is 2.89 bits per heavy atom. The summed E-state index contributed by atoms with van der Waals surface area (Å²) < 4.78 is 11.8. The van der Waals surface area contributed by atoms with Crippen LogP contribution in [-0.4, -0.2) is 61.4 Å². The lowest BCUT2D eigenvalue weighted by Gasteiger charge is -2.37. The molecule has 2 atom stereocenters. The molecule has 2 aliphatic rings. The van der Waals surface area contributed by atoms with E-state index in [-0.39, 0.29) is 12.2 Å². The molecule has 2 aromatic rings. The van der Waals surface area contributed by atoms with Crippen molar-refractivity contribution >= 4 is 17.3 Å². The molecule has 0 aliphatic carbocycles. The quantitative estimate of drug-likeness (QED) is 0.647. The number of rotatable bonds is 4. The molecule has 144 valence electrons. The topological polar surface area (TPSA) is 59.0 Å². The van der Waals surface area contributed by atoms with Gasteiger partial charge in [0.2, 0.25) is 0 Å². The normalized spacial score (nSPS) is 23.6. The van der Waals surface area contributed by atoms with Gasteiger partial charge in [0.25, 0.3) is 0 Å². The Balaban J connectivity index is 1.34. The number of nitrogens with zero attached hydrogens (tertiary/aromatic N) is 3. The zero-order chi connectivity index (χ0) is 18.5. The molecule has 2 unspecified atom stereocenters. The first-order chi connectivity index (χ1) is 13.3. The molecule has 0 bridgehead atoms. The SMILES string of the molecule is CN=C(NCc1nc(-c2ccccc2)cs1)N1CCOC(C2CCCO2)C1. The highest BCUT2D eigenvalue weighted by Gasteiger charge is 2.32. The minimum absolute atomic E-state index is 0.129. The van der Waals surface area contributed by atoms with Gasteiger partial charge in [-0.25, -0.2) is 4.98 Å². The van der Waals surface area contributed by atoms with Gasteiger partial charge in [-0.15, -0.1) is 11.3 Å². The molecular formula is C20H26N4O2S. The lowest BCUT2D eigenvalue weighted by Crippen LogP contribution is -2.53. The third kappa shape index (κ3) is 4.48. The summed E-state index contributed by atoms with van der Waals surface area (Å²) in [5.74, 6) is 0.901. The molecule has 1 N–H and O–H groups in total. The number of aromatic nitrogens is 1. The number of ether oxygens (including phenoxy) is 2. The lowest BCUT2D eigenvalue weighted by molar-refractivity contribution is -0.0817. The van der Waals surface area contributed by atoms with Gasteiger partial charge in [-0.3, -0.25) is 4.99 Å². The summed E-state index contributed by atoms with van der Waals surface area (Å²) >= 11 is 1.67. The van der Waals surface area contributed by atoms with Gasteiger partial charge < -0.3 is 19.7 Å². The first kappa shape index (κ1) is 18.4. The molecule has 0 radical (unpaired) electrons. The molecule has 1 aromatic carbocycles. The molecule has 7 heteroatoms. The number of aliphatic imine (C=N–C) groups is 1. The second-order valence-electron chi connectivity index (χ2n) is 6.80. The van der Waals surface area contributed by atoms with E-state index >= 15 is 0 Å². The summed E-state index contributed by atoms with van der Waals surface area (Å²) in [5.41, 5.74) is 2.18. The van der Waals surface area contributed by atoms with Crippen LogP contribution in [0.4, 0.5) is 0 Å². The highest BCUT2D eigenvalue weighted by Crippen LogP contribution is 2.22. The van der Waals surface area contributed by atoms with Crippen LogP contribution >= 0.6 is 11.3 Å². The Morgan fingerprint density at radius 2 is 2.11 bits per heavy atom. The summed E-state index contributed by atoms with van der Waals surface area (Å²) in [6.07, 6.45) is 2.57. The maximum absolute atomic E-state index is 5.94. The first-order valence-corrected chi connectivity index (χ1v) is 10.4. The molecule has 0 spiro atoms. The number of thiazole rings is 1. The molecule has 4 rings (SSSR count). The minimum Gasteiger partial charge on any atom is -0.375 e. The van der Waals surface area contributed by atoms with Crippen LogP contribution in [0.2, 0.25) is 0 Å². The highest BCUT2D eigenvalue weighted by molar-refractivity contribution is 7.09. The van der Waals surface area contributed by atoms with E-state index in [4.69, 9.17) is 14.5 Å². The zero-order valence-electron chi connectivity index (χ0n) is 15.6. The summed E-state index contributed by atoms with van der Waals surface area (Å²) in [4.78, 5) is 11.5. The van der Waals surface area contributed by atoms with E-state index in [0.717, 1.165) is 54.8 Å². The van der Waals surface area contributed by atoms with Gasteiger partial charge in [-0.1, -0.05) is 30.3 Å². The average Bonchev–Trinajstić information content (AvgIpc) is 3.42. The first-order valence-electron chi connectivity index (χ1n) is 9.52. The highest BCUT2D eigenvalue weighted by atomic mass is 32.1. The van der Waals surface area contributed by atoms with Gasteiger partial charge in [0.1, 0.15) is 11.1 Å². The summed E-state index contributed by atoms with van der Waals surface area (Å²) in [7, 11) is 1.83. The van der Waals surface area contributed by atoms with E-state index in [1.165, 1.54) is 0 Å². The van der Waals surface area contributed by atoms with Crippen molar-refractivity contribution in [3.05, 3.63) is 40.7 Å². The molecule has 2 fully saturated rings. The third-order valence-electron chi connectivity index (χ3n) is 5.00. The number of benzene rings is 1. The van der Waals surface area contributed by atoms with E-state index in [1.54, 1.807) is 11.3 Å². The lowest BCUT2D eigenvalue weighted by atomic mass is 10.1. The molecule has 6 nitrogen and oxygen atoms in total. The van der Waals surface area contributed by atoms with Gasteiger partial charge in [-0.2, -0.15) is 0 Å².